The highest BCUT2D eigenvalue weighted by molar-refractivity contribution is 7.71. The largest absolute Gasteiger partial charge is 0.466 e. The van der Waals surface area contributed by atoms with Crippen LogP contribution < -0.4 is 0 Å². The molecule has 0 atom stereocenters. The van der Waals surface area contributed by atoms with Crippen LogP contribution in [-0.4, -0.2) is 47.7 Å². The van der Waals surface area contributed by atoms with Crippen LogP contribution in [0.4, 0.5) is 0 Å². The molecule has 1 aliphatic heterocycles. The zero-order valence-corrected chi connectivity index (χ0v) is 16.8. The van der Waals surface area contributed by atoms with Crippen LogP contribution >= 0.6 is 12.2 Å². The summed E-state index contributed by atoms with van der Waals surface area (Å²) in [5.74, 6) is -0.673. The molecule has 7 nitrogen and oxygen atoms in total. The van der Waals surface area contributed by atoms with Crippen molar-refractivity contribution in [1.82, 2.24) is 9.47 Å². The Kier molecular flexibility index (Phi) is 7.51. The van der Waals surface area contributed by atoms with Gasteiger partial charge in [0.05, 0.1) is 36.9 Å². The number of piperidine rings is 1. The average molecular weight is 391 g/mol. The molecule has 1 aromatic rings. The summed E-state index contributed by atoms with van der Waals surface area (Å²) in [5.41, 5.74) is 1.30. The van der Waals surface area contributed by atoms with Crippen LogP contribution in [-0.2, 0) is 20.9 Å². The van der Waals surface area contributed by atoms with E-state index >= 15 is 0 Å². The molecule has 1 aromatic heterocycles. The average Bonchev–Trinajstić information content (AvgIpc) is 2.66. The number of aromatic nitrogens is 1. The maximum Gasteiger partial charge on any atom is 0.339 e. The highest BCUT2D eigenvalue weighted by Crippen LogP contribution is 2.21. The van der Waals surface area contributed by atoms with Gasteiger partial charge in [-0.3, -0.25) is 9.69 Å². The van der Waals surface area contributed by atoms with Gasteiger partial charge in [-0.25, -0.2) is 4.79 Å². The standard InChI is InChI=1S/C19H25N3O4S/c1-4-25-18(23)14-6-8-21(9-7-14)12-22-13(3)16(19(24)26-5-2)10-15(11-20)17(22)27/h10,14H,4-9,12H2,1-3H3. The van der Waals surface area contributed by atoms with Crippen molar-refractivity contribution in [2.45, 2.75) is 40.3 Å². The van der Waals surface area contributed by atoms with E-state index in [0.717, 1.165) is 13.1 Å². The van der Waals surface area contributed by atoms with E-state index < -0.39 is 5.97 Å². The number of hydrogen-bond acceptors (Lipinski definition) is 7. The third kappa shape index (κ3) is 4.93. The maximum absolute atomic E-state index is 12.2. The molecule has 0 bridgehead atoms. The van der Waals surface area contributed by atoms with Crippen molar-refractivity contribution in [2.75, 3.05) is 26.3 Å². The van der Waals surface area contributed by atoms with Gasteiger partial charge in [0.25, 0.3) is 0 Å². The molecule has 2 rings (SSSR count). The summed E-state index contributed by atoms with van der Waals surface area (Å²) in [6.45, 7) is 7.90. The summed E-state index contributed by atoms with van der Waals surface area (Å²) in [6, 6.07) is 3.56. The normalized spacial score (nSPS) is 15.2. The molecular weight excluding hydrogens is 366 g/mol. The van der Waals surface area contributed by atoms with Gasteiger partial charge in [0.1, 0.15) is 10.7 Å². The van der Waals surface area contributed by atoms with Gasteiger partial charge in [-0.1, -0.05) is 12.2 Å². The van der Waals surface area contributed by atoms with E-state index in [4.69, 9.17) is 21.7 Å². The Morgan fingerprint density at radius 2 is 1.89 bits per heavy atom. The van der Waals surface area contributed by atoms with E-state index in [2.05, 4.69) is 11.0 Å². The van der Waals surface area contributed by atoms with Gasteiger partial charge in [0.2, 0.25) is 0 Å². The zero-order valence-electron chi connectivity index (χ0n) is 16.0. The van der Waals surface area contributed by atoms with E-state index in [1.165, 1.54) is 6.07 Å². The van der Waals surface area contributed by atoms with Crippen molar-refractivity contribution in [1.29, 1.82) is 5.26 Å². The van der Waals surface area contributed by atoms with E-state index in [1.54, 1.807) is 25.3 Å². The van der Waals surface area contributed by atoms with E-state index in [0.29, 0.717) is 42.0 Å². The van der Waals surface area contributed by atoms with Crippen molar-refractivity contribution in [3.05, 3.63) is 27.5 Å². The smallest absolute Gasteiger partial charge is 0.339 e. The molecule has 8 heteroatoms. The fourth-order valence-electron chi connectivity index (χ4n) is 3.19. The first-order chi connectivity index (χ1) is 12.9. The van der Waals surface area contributed by atoms with Gasteiger partial charge in [0.15, 0.2) is 0 Å². The second-order valence-electron chi connectivity index (χ2n) is 6.41. The minimum Gasteiger partial charge on any atom is -0.466 e. The number of esters is 2. The van der Waals surface area contributed by atoms with Gasteiger partial charge < -0.3 is 14.0 Å². The van der Waals surface area contributed by atoms with E-state index in [1.807, 2.05) is 0 Å². The first kappa shape index (κ1) is 21.1. The lowest BCUT2D eigenvalue weighted by Crippen LogP contribution is -2.38. The second-order valence-corrected chi connectivity index (χ2v) is 6.80. The summed E-state index contributed by atoms with van der Waals surface area (Å²) in [7, 11) is 0. The lowest BCUT2D eigenvalue weighted by molar-refractivity contribution is -0.149. The van der Waals surface area contributed by atoms with Crippen molar-refractivity contribution in [2.24, 2.45) is 5.92 Å². The van der Waals surface area contributed by atoms with Crippen molar-refractivity contribution in [3.8, 4) is 6.07 Å². The fourth-order valence-corrected chi connectivity index (χ4v) is 3.49. The molecule has 2 heterocycles. The Morgan fingerprint density at radius 3 is 2.44 bits per heavy atom. The molecule has 146 valence electrons. The molecule has 0 unspecified atom stereocenters. The molecule has 0 N–H and O–H groups in total. The monoisotopic (exact) mass is 391 g/mol. The summed E-state index contributed by atoms with van der Waals surface area (Å²) in [4.78, 5) is 26.3. The molecule has 1 saturated heterocycles. The van der Waals surface area contributed by atoms with Gasteiger partial charge in [0, 0.05) is 18.8 Å². The minimum atomic E-state index is -0.462. The fraction of sp³-hybridized carbons (Fsp3) is 0.579. The lowest BCUT2D eigenvalue weighted by atomic mass is 9.97. The first-order valence-corrected chi connectivity index (χ1v) is 9.54. The van der Waals surface area contributed by atoms with Crippen LogP contribution in [0.15, 0.2) is 6.07 Å². The Morgan fingerprint density at radius 1 is 1.26 bits per heavy atom. The first-order valence-electron chi connectivity index (χ1n) is 9.13. The summed E-state index contributed by atoms with van der Waals surface area (Å²) >= 11 is 5.44. The molecule has 0 amide bonds. The summed E-state index contributed by atoms with van der Waals surface area (Å²) in [6.07, 6.45) is 1.43. The van der Waals surface area contributed by atoms with Crippen LogP contribution in [0.3, 0.4) is 0 Å². The third-order valence-corrected chi connectivity index (χ3v) is 5.16. The van der Waals surface area contributed by atoms with Crippen LogP contribution in [0, 0.1) is 28.8 Å². The van der Waals surface area contributed by atoms with E-state index in [-0.39, 0.29) is 24.1 Å². The zero-order chi connectivity index (χ0) is 20.0. The number of rotatable bonds is 6. The Bertz CT molecular complexity index is 804. The van der Waals surface area contributed by atoms with Crippen molar-refractivity contribution in [3.63, 3.8) is 0 Å². The second kappa shape index (κ2) is 9.62. The van der Waals surface area contributed by atoms with Crippen LogP contribution in [0.5, 0.6) is 0 Å². The Labute approximate surface area is 164 Å². The Hall–Kier alpha value is -2.24. The number of hydrogen-bond donors (Lipinski definition) is 0. The lowest BCUT2D eigenvalue weighted by Gasteiger charge is -2.32. The predicted molar refractivity (Wildman–Crippen MR) is 102 cm³/mol. The highest BCUT2D eigenvalue weighted by atomic mass is 32.1. The number of carbonyl (C=O) groups excluding carboxylic acids is 2. The van der Waals surface area contributed by atoms with Gasteiger partial charge in [-0.05, 0) is 39.7 Å². The van der Waals surface area contributed by atoms with Crippen LogP contribution in [0.25, 0.3) is 0 Å². The molecule has 0 radical (unpaired) electrons. The van der Waals surface area contributed by atoms with Crippen molar-refractivity contribution < 1.29 is 19.1 Å². The SMILES string of the molecule is CCOC(=O)c1cc(C#N)c(=S)n(CN2CCC(C(=O)OCC)CC2)c1C. The topological polar surface area (TPSA) is 84.6 Å². The molecule has 1 aliphatic rings. The van der Waals surface area contributed by atoms with Gasteiger partial charge in [-0.15, -0.1) is 0 Å². The molecule has 0 aliphatic carbocycles. The number of nitrogens with zero attached hydrogens (tertiary/aromatic N) is 3. The highest BCUT2D eigenvalue weighted by Gasteiger charge is 2.26. The molecule has 0 spiro atoms. The molecule has 1 fully saturated rings. The van der Waals surface area contributed by atoms with Gasteiger partial charge >= 0.3 is 11.9 Å². The number of likely N-dealkylation sites (tertiary alicyclic amines) is 1. The molecule has 0 aromatic carbocycles. The molecular formula is C19H25N3O4S. The quantitative estimate of drug-likeness (QED) is 0.544. The summed E-state index contributed by atoms with van der Waals surface area (Å²) in [5, 5.41) is 9.37. The Balaban J connectivity index is 2.20. The number of carbonyl (C=O) groups is 2. The molecule has 0 saturated carbocycles. The number of pyridine rings is 1. The van der Waals surface area contributed by atoms with Crippen molar-refractivity contribution >= 4 is 24.2 Å². The third-order valence-electron chi connectivity index (χ3n) is 4.72. The molecule has 27 heavy (non-hydrogen) atoms. The van der Waals surface area contributed by atoms with Crippen LogP contribution in [0.1, 0.15) is 48.3 Å². The summed E-state index contributed by atoms with van der Waals surface area (Å²) < 4.78 is 12.4. The number of ether oxygens (including phenoxy) is 2. The maximum atomic E-state index is 12.2. The van der Waals surface area contributed by atoms with Gasteiger partial charge in [-0.2, -0.15) is 5.26 Å². The minimum absolute atomic E-state index is 0.0733. The predicted octanol–water partition coefficient (Wildman–Crippen LogP) is 2.81. The van der Waals surface area contributed by atoms with Crippen LogP contribution in [0.2, 0.25) is 0 Å². The van der Waals surface area contributed by atoms with E-state index in [9.17, 15) is 14.9 Å². The number of nitriles is 1.